The number of hydrogen-bond donors (Lipinski definition) is 1. The summed E-state index contributed by atoms with van der Waals surface area (Å²) in [4.78, 5) is 0. The van der Waals surface area contributed by atoms with Gasteiger partial charge in [0.1, 0.15) is 17.7 Å². The Morgan fingerprint density at radius 2 is 1.56 bits per heavy atom. The second-order valence-corrected chi connectivity index (χ2v) is 3.76. The van der Waals surface area contributed by atoms with Gasteiger partial charge >= 0.3 is 12.1 Å². The lowest BCUT2D eigenvalue weighted by Crippen LogP contribution is -2.46. The van der Waals surface area contributed by atoms with Gasteiger partial charge in [-0.2, -0.15) is 22.0 Å². The number of nitrogens with two attached hydrogens (primary N) is 1. The van der Waals surface area contributed by atoms with Crippen LogP contribution < -0.4 is 5.73 Å². The fourth-order valence-corrected chi connectivity index (χ4v) is 1.35. The summed E-state index contributed by atoms with van der Waals surface area (Å²) >= 11 is 5.17. The molecule has 18 heavy (non-hydrogen) atoms. The zero-order valence-electron chi connectivity index (χ0n) is 8.33. The Labute approximate surface area is 101 Å². The van der Waals surface area contributed by atoms with Crippen LogP contribution in [0.5, 0.6) is 0 Å². The molecule has 0 saturated carbocycles. The van der Waals surface area contributed by atoms with Crippen LogP contribution in [-0.2, 0) is 0 Å². The first-order chi connectivity index (χ1) is 8.00. The average molecular weight is 296 g/mol. The number of alkyl halides is 5. The fraction of sp³-hybridized carbons (Fsp3) is 0.333. The van der Waals surface area contributed by atoms with Crippen LogP contribution in [0.1, 0.15) is 11.6 Å². The number of hydrogen-bond acceptors (Lipinski definition) is 1. The van der Waals surface area contributed by atoms with E-state index >= 15 is 0 Å². The van der Waals surface area contributed by atoms with E-state index in [4.69, 9.17) is 11.6 Å². The monoisotopic (exact) mass is 295 g/mol. The molecule has 102 valence electrons. The maximum absolute atomic E-state index is 13.3. The minimum absolute atomic E-state index is 0.451. The molecule has 0 aliphatic carbocycles. The Kier molecular flexibility index (Phi) is 3.83. The first-order valence-corrected chi connectivity index (χ1v) is 4.71. The average Bonchev–Trinajstić information content (AvgIpc) is 2.22. The van der Waals surface area contributed by atoms with E-state index in [9.17, 15) is 30.7 Å². The highest BCUT2D eigenvalue weighted by Crippen LogP contribution is 2.44. The molecule has 0 fully saturated rings. The van der Waals surface area contributed by atoms with Gasteiger partial charge in [0, 0.05) is 5.56 Å². The molecular formula is C9H5ClF7N. The summed E-state index contributed by atoms with van der Waals surface area (Å²) in [7, 11) is 0. The Balaban J connectivity index is 3.36. The van der Waals surface area contributed by atoms with E-state index in [0.717, 1.165) is 0 Å². The van der Waals surface area contributed by atoms with Crippen LogP contribution in [-0.4, -0.2) is 12.1 Å². The van der Waals surface area contributed by atoms with Gasteiger partial charge < -0.3 is 5.73 Å². The molecule has 0 aliphatic heterocycles. The van der Waals surface area contributed by atoms with Crippen LogP contribution in [0.25, 0.3) is 0 Å². The van der Waals surface area contributed by atoms with Crippen molar-refractivity contribution in [3.05, 3.63) is 34.4 Å². The Bertz CT molecular complexity index is 457. The van der Waals surface area contributed by atoms with Gasteiger partial charge in [-0.05, 0) is 12.1 Å². The van der Waals surface area contributed by atoms with Crippen LogP contribution in [0, 0.1) is 11.6 Å². The van der Waals surface area contributed by atoms with Crippen molar-refractivity contribution in [3.8, 4) is 0 Å². The largest absolute Gasteiger partial charge is 0.455 e. The SMILES string of the molecule is N[C@@H](c1c(F)ccc(Cl)c1F)C(F)(F)C(F)(F)F. The van der Waals surface area contributed by atoms with Crippen LogP contribution in [0.2, 0.25) is 5.02 Å². The summed E-state index contributed by atoms with van der Waals surface area (Å²) in [5.41, 5.74) is 3.01. The van der Waals surface area contributed by atoms with E-state index in [-0.39, 0.29) is 0 Å². The van der Waals surface area contributed by atoms with Gasteiger partial charge in [-0.1, -0.05) is 11.6 Å². The highest BCUT2D eigenvalue weighted by atomic mass is 35.5. The smallest absolute Gasteiger partial charge is 0.319 e. The molecule has 0 aliphatic rings. The summed E-state index contributed by atoms with van der Waals surface area (Å²) in [6, 6.07) is -2.10. The summed E-state index contributed by atoms with van der Waals surface area (Å²) in [6.45, 7) is 0. The molecule has 1 nitrogen and oxygen atoms in total. The van der Waals surface area contributed by atoms with Gasteiger partial charge in [0.2, 0.25) is 0 Å². The van der Waals surface area contributed by atoms with Gasteiger partial charge in [-0.3, -0.25) is 0 Å². The molecule has 0 saturated heterocycles. The molecule has 2 N–H and O–H groups in total. The minimum atomic E-state index is -6.03. The Morgan fingerprint density at radius 1 is 1.06 bits per heavy atom. The highest BCUT2D eigenvalue weighted by Gasteiger charge is 2.62. The summed E-state index contributed by atoms with van der Waals surface area (Å²) in [5.74, 6) is -8.86. The Hall–Kier alpha value is -1.02. The predicted octanol–water partition coefficient (Wildman–Crippen LogP) is 3.82. The van der Waals surface area contributed by atoms with Crippen molar-refractivity contribution in [2.24, 2.45) is 5.73 Å². The molecule has 1 aromatic carbocycles. The summed E-state index contributed by atoms with van der Waals surface area (Å²) < 4.78 is 88.2. The topological polar surface area (TPSA) is 26.0 Å². The third-order valence-electron chi connectivity index (χ3n) is 2.16. The first kappa shape index (κ1) is 15.0. The second-order valence-electron chi connectivity index (χ2n) is 3.36. The van der Waals surface area contributed by atoms with Gasteiger partial charge in [-0.15, -0.1) is 0 Å². The zero-order valence-corrected chi connectivity index (χ0v) is 9.09. The normalized spacial score (nSPS) is 14.7. The van der Waals surface area contributed by atoms with E-state index in [1.54, 1.807) is 0 Å². The molecule has 1 atom stereocenters. The summed E-state index contributed by atoms with van der Waals surface area (Å²) in [5, 5.41) is -0.806. The molecule has 0 amide bonds. The molecule has 0 heterocycles. The predicted molar refractivity (Wildman–Crippen MR) is 49.3 cm³/mol. The summed E-state index contributed by atoms with van der Waals surface area (Å²) in [6.07, 6.45) is -6.03. The molecule has 9 heteroatoms. The zero-order chi connectivity index (χ0) is 14.3. The van der Waals surface area contributed by atoms with E-state index in [0.29, 0.717) is 12.1 Å². The van der Waals surface area contributed by atoms with Gasteiger partial charge in [0.25, 0.3) is 0 Å². The molecular weight excluding hydrogens is 291 g/mol. The van der Waals surface area contributed by atoms with Gasteiger partial charge in [0.05, 0.1) is 5.02 Å². The van der Waals surface area contributed by atoms with E-state index in [2.05, 4.69) is 5.73 Å². The second kappa shape index (κ2) is 4.58. The lowest BCUT2D eigenvalue weighted by Gasteiger charge is -2.26. The van der Waals surface area contributed by atoms with Crippen molar-refractivity contribution < 1.29 is 30.7 Å². The van der Waals surface area contributed by atoms with Crippen LogP contribution in [0.3, 0.4) is 0 Å². The molecule has 0 bridgehead atoms. The van der Waals surface area contributed by atoms with E-state index in [1.165, 1.54) is 0 Å². The minimum Gasteiger partial charge on any atom is -0.319 e. The van der Waals surface area contributed by atoms with Crippen LogP contribution in [0.4, 0.5) is 30.7 Å². The lowest BCUT2D eigenvalue weighted by atomic mass is 10.00. The number of rotatable bonds is 2. The standard InChI is InChI=1S/C9H5ClF7N/c10-3-1-2-4(11)5(6(3)12)7(18)8(13,14)9(15,16)17/h1-2,7H,18H2/t7-/m0/s1. The van der Waals surface area contributed by atoms with Crippen molar-refractivity contribution >= 4 is 11.6 Å². The molecule has 1 aromatic rings. The molecule has 0 unspecified atom stereocenters. The maximum Gasteiger partial charge on any atom is 0.455 e. The quantitative estimate of drug-likeness (QED) is 0.651. The Morgan fingerprint density at radius 3 is 2.00 bits per heavy atom. The fourth-order valence-electron chi connectivity index (χ4n) is 1.19. The van der Waals surface area contributed by atoms with Crippen LogP contribution >= 0.6 is 11.6 Å². The van der Waals surface area contributed by atoms with Crippen molar-refractivity contribution in [1.82, 2.24) is 0 Å². The third kappa shape index (κ3) is 2.39. The number of benzene rings is 1. The maximum atomic E-state index is 13.3. The first-order valence-electron chi connectivity index (χ1n) is 4.33. The van der Waals surface area contributed by atoms with Gasteiger partial charge in [0.15, 0.2) is 0 Å². The van der Waals surface area contributed by atoms with Crippen LogP contribution in [0.15, 0.2) is 12.1 Å². The molecule has 0 spiro atoms. The molecule has 1 rings (SSSR count). The van der Waals surface area contributed by atoms with E-state index < -0.39 is 40.4 Å². The van der Waals surface area contributed by atoms with Crippen molar-refractivity contribution in [2.75, 3.05) is 0 Å². The number of halogens is 8. The molecule has 0 aromatic heterocycles. The highest BCUT2D eigenvalue weighted by molar-refractivity contribution is 6.30. The molecule has 0 radical (unpaired) electrons. The third-order valence-corrected chi connectivity index (χ3v) is 2.45. The van der Waals surface area contributed by atoms with Crippen molar-refractivity contribution in [1.29, 1.82) is 0 Å². The van der Waals surface area contributed by atoms with E-state index in [1.807, 2.05) is 0 Å². The van der Waals surface area contributed by atoms with Crippen molar-refractivity contribution in [3.63, 3.8) is 0 Å². The lowest BCUT2D eigenvalue weighted by molar-refractivity contribution is -0.291. The van der Waals surface area contributed by atoms with Gasteiger partial charge in [-0.25, -0.2) is 8.78 Å². The van der Waals surface area contributed by atoms with Crippen molar-refractivity contribution in [2.45, 2.75) is 18.1 Å².